The van der Waals surface area contributed by atoms with Crippen LogP contribution in [0.15, 0.2) is 42.7 Å². The fourth-order valence-corrected chi connectivity index (χ4v) is 3.18. The van der Waals surface area contributed by atoms with Gasteiger partial charge in [0.2, 0.25) is 17.8 Å². The van der Waals surface area contributed by atoms with Gasteiger partial charge in [0.25, 0.3) is 0 Å². The summed E-state index contributed by atoms with van der Waals surface area (Å²) >= 11 is 0. The van der Waals surface area contributed by atoms with Crippen LogP contribution >= 0.6 is 0 Å². The van der Waals surface area contributed by atoms with Gasteiger partial charge in [0.1, 0.15) is 5.82 Å². The minimum absolute atomic E-state index is 0.00558. The van der Waals surface area contributed by atoms with Crippen LogP contribution in [0, 0.1) is 5.82 Å². The Bertz CT molecular complexity index is 809. The Morgan fingerprint density at radius 3 is 2.39 bits per heavy atom. The third-order valence-electron chi connectivity index (χ3n) is 4.85. The quantitative estimate of drug-likeness (QED) is 0.751. The number of benzene rings is 1. The first kappa shape index (κ1) is 19.7. The van der Waals surface area contributed by atoms with Gasteiger partial charge >= 0.3 is 0 Å². The Morgan fingerprint density at radius 1 is 1.07 bits per heavy atom. The second-order valence-electron chi connectivity index (χ2n) is 6.70. The number of nitrogens with zero attached hydrogens (tertiary/aromatic N) is 5. The lowest BCUT2D eigenvalue weighted by Gasteiger charge is -2.35. The highest BCUT2D eigenvalue weighted by atomic mass is 19.1. The van der Waals surface area contributed by atoms with Crippen LogP contribution in [-0.4, -0.2) is 70.9 Å². The molecule has 1 aliphatic rings. The maximum atomic E-state index is 13.8. The first-order valence-corrected chi connectivity index (χ1v) is 9.33. The second-order valence-corrected chi connectivity index (χ2v) is 6.70. The normalized spacial score (nSPS) is 14.1. The van der Waals surface area contributed by atoms with E-state index in [1.807, 2.05) is 4.90 Å². The van der Waals surface area contributed by atoms with Crippen molar-refractivity contribution in [2.45, 2.75) is 13.3 Å². The molecule has 2 amide bonds. The van der Waals surface area contributed by atoms with Crippen LogP contribution in [0.4, 0.5) is 10.3 Å². The molecule has 1 fully saturated rings. The molecule has 1 saturated heterocycles. The van der Waals surface area contributed by atoms with Gasteiger partial charge in [-0.05, 0) is 24.1 Å². The molecular formula is C20H24FN5O2. The number of halogens is 1. The number of amides is 2. The van der Waals surface area contributed by atoms with Crippen molar-refractivity contribution in [3.05, 3.63) is 54.1 Å². The largest absolute Gasteiger partial charge is 0.338 e. The minimum Gasteiger partial charge on any atom is -0.338 e. The summed E-state index contributed by atoms with van der Waals surface area (Å²) < 4.78 is 13.8. The molecule has 0 N–H and O–H groups in total. The topological polar surface area (TPSA) is 69.6 Å². The van der Waals surface area contributed by atoms with Gasteiger partial charge in [-0.2, -0.15) is 0 Å². The van der Waals surface area contributed by atoms with Crippen LogP contribution in [0.3, 0.4) is 0 Å². The molecule has 0 aliphatic carbocycles. The minimum atomic E-state index is -0.295. The van der Waals surface area contributed by atoms with Crippen LogP contribution in [-0.2, 0) is 16.0 Å². The van der Waals surface area contributed by atoms with Crippen LogP contribution in [0.5, 0.6) is 0 Å². The molecule has 0 saturated carbocycles. The Kier molecular flexibility index (Phi) is 6.52. The van der Waals surface area contributed by atoms with E-state index in [0.717, 1.165) is 0 Å². The van der Waals surface area contributed by atoms with Gasteiger partial charge in [-0.1, -0.05) is 18.2 Å². The van der Waals surface area contributed by atoms with Crippen LogP contribution < -0.4 is 4.90 Å². The monoisotopic (exact) mass is 385 g/mol. The number of carbonyl (C=O) groups excluding carboxylic acids is 2. The molecule has 28 heavy (non-hydrogen) atoms. The van der Waals surface area contributed by atoms with Gasteiger partial charge in [0.15, 0.2) is 0 Å². The number of rotatable bonds is 6. The molecular weight excluding hydrogens is 361 g/mol. The van der Waals surface area contributed by atoms with Crippen molar-refractivity contribution < 1.29 is 14.0 Å². The van der Waals surface area contributed by atoms with Crippen LogP contribution in [0.2, 0.25) is 0 Å². The fourth-order valence-electron chi connectivity index (χ4n) is 3.18. The lowest BCUT2D eigenvalue weighted by molar-refractivity contribution is -0.139. The number of piperazine rings is 1. The van der Waals surface area contributed by atoms with Gasteiger partial charge < -0.3 is 14.7 Å². The number of hydrogen-bond acceptors (Lipinski definition) is 5. The molecule has 0 atom stereocenters. The van der Waals surface area contributed by atoms with E-state index >= 15 is 0 Å². The molecule has 1 aromatic carbocycles. The van der Waals surface area contributed by atoms with E-state index in [1.165, 1.54) is 17.9 Å². The second kappa shape index (κ2) is 9.25. The zero-order chi connectivity index (χ0) is 19.9. The zero-order valence-corrected chi connectivity index (χ0v) is 15.9. The fraction of sp³-hybridized carbons (Fsp3) is 0.400. The highest BCUT2D eigenvalue weighted by molar-refractivity contribution is 5.84. The van der Waals surface area contributed by atoms with E-state index in [2.05, 4.69) is 9.97 Å². The molecule has 7 nitrogen and oxygen atoms in total. The number of aromatic nitrogens is 2. The molecule has 148 valence electrons. The van der Waals surface area contributed by atoms with Crippen molar-refractivity contribution in [2.24, 2.45) is 0 Å². The lowest BCUT2D eigenvalue weighted by Crippen LogP contribution is -2.52. The molecule has 0 spiro atoms. The summed E-state index contributed by atoms with van der Waals surface area (Å²) in [5.41, 5.74) is 0.540. The third kappa shape index (κ3) is 5.03. The molecule has 1 aliphatic heterocycles. The number of anilines is 1. The predicted molar refractivity (Wildman–Crippen MR) is 103 cm³/mol. The smallest absolute Gasteiger partial charge is 0.242 e. The molecule has 0 unspecified atom stereocenters. The van der Waals surface area contributed by atoms with E-state index in [1.54, 1.807) is 41.6 Å². The molecule has 2 heterocycles. The first-order valence-electron chi connectivity index (χ1n) is 9.33. The van der Waals surface area contributed by atoms with Gasteiger partial charge in [0.05, 0.1) is 6.54 Å². The predicted octanol–water partition coefficient (Wildman–Crippen LogP) is 1.36. The number of carbonyl (C=O) groups is 2. The average Bonchev–Trinajstić information content (AvgIpc) is 2.72. The van der Waals surface area contributed by atoms with Crippen molar-refractivity contribution in [1.29, 1.82) is 0 Å². The molecule has 1 aromatic heterocycles. The van der Waals surface area contributed by atoms with E-state index < -0.39 is 0 Å². The Labute approximate surface area is 163 Å². The Balaban J connectivity index is 1.52. The van der Waals surface area contributed by atoms with Crippen LogP contribution in [0.25, 0.3) is 0 Å². The highest BCUT2D eigenvalue weighted by Gasteiger charge is 2.24. The third-order valence-corrected chi connectivity index (χ3v) is 4.85. The summed E-state index contributed by atoms with van der Waals surface area (Å²) in [7, 11) is 0. The molecule has 8 heteroatoms. The lowest BCUT2D eigenvalue weighted by atomic mass is 10.1. The van der Waals surface area contributed by atoms with Crippen molar-refractivity contribution in [1.82, 2.24) is 19.8 Å². The maximum Gasteiger partial charge on any atom is 0.242 e. The average molecular weight is 385 g/mol. The Hall–Kier alpha value is -3.03. The summed E-state index contributed by atoms with van der Waals surface area (Å²) in [6.07, 6.45) is 3.76. The summed E-state index contributed by atoms with van der Waals surface area (Å²) in [5, 5.41) is 0. The standard InChI is InChI=1S/C20H24FN5O2/c1-16(27)26(10-7-17-5-2-3-6-18(17)21)15-19(28)24-11-13-25(14-12-24)20-22-8-4-9-23-20/h2-6,8-9H,7,10-15H2,1H3. The maximum absolute atomic E-state index is 13.8. The van der Waals surface area contributed by atoms with Gasteiger partial charge in [0, 0.05) is 52.0 Å². The van der Waals surface area contributed by atoms with E-state index in [4.69, 9.17) is 0 Å². The highest BCUT2D eigenvalue weighted by Crippen LogP contribution is 2.11. The molecule has 0 radical (unpaired) electrons. The van der Waals surface area contributed by atoms with Crippen molar-refractivity contribution in [3.8, 4) is 0 Å². The zero-order valence-electron chi connectivity index (χ0n) is 15.9. The summed E-state index contributed by atoms with van der Waals surface area (Å²) in [5.74, 6) is 0.0693. The van der Waals surface area contributed by atoms with Crippen LogP contribution in [0.1, 0.15) is 12.5 Å². The summed E-state index contributed by atoms with van der Waals surface area (Å²) in [6.45, 7) is 4.13. The van der Waals surface area contributed by atoms with E-state index in [9.17, 15) is 14.0 Å². The van der Waals surface area contributed by atoms with Crippen molar-refractivity contribution in [2.75, 3.05) is 44.2 Å². The van der Waals surface area contributed by atoms with Gasteiger partial charge in [-0.15, -0.1) is 0 Å². The number of hydrogen-bond donors (Lipinski definition) is 0. The van der Waals surface area contributed by atoms with Crippen molar-refractivity contribution >= 4 is 17.8 Å². The molecule has 3 rings (SSSR count). The van der Waals surface area contributed by atoms with Gasteiger partial charge in [-0.3, -0.25) is 9.59 Å². The summed E-state index contributed by atoms with van der Waals surface area (Å²) in [6, 6.07) is 8.25. The van der Waals surface area contributed by atoms with Crippen molar-refractivity contribution in [3.63, 3.8) is 0 Å². The van der Waals surface area contributed by atoms with E-state index in [-0.39, 0.29) is 24.2 Å². The SMILES string of the molecule is CC(=O)N(CCc1ccccc1F)CC(=O)N1CCN(c2ncccn2)CC1. The Morgan fingerprint density at radius 2 is 1.75 bits per heavy atom. The molecule has 2 aromatic rings. The molecule has 0 bridgehead atoms. The van der Waals surface area contributed by atoms with Gasteiger partial charge in [-0.25, -0.2) is 14.4 Å². The van der Waals surface area contributed by atoms with E-state index in [0.29, 0.717) is 50.7 Å². The first-order chi connectivity index (χ1) is 13.5. The summed E-state index contributed by atoms with van der Waals surface area (Å²) in [4.78, 5) is 38.3.